The number of hydrogen-bond donors (Lipinski definition) is 1. The van der Waals surface area contributed by atoms with Crippen molar-refractivity contribution < 1.29 is 13.5 Å². The van der Waals surface area contributed by atoms with E-state index in [1.807, 2.05) is 25.1 Å². The molecule has 0 saturated carbocycles. The van der Waals surface area contributed by atoms with Gasteiger partial charge in [-0.05, 0) is 18.9 Å². The highest BCUT2D eigenvalue weighted by atomic mass is 32.2. The molecule has 0 heterocycles. The molecule has 1 rings (SSSR count). The number of rotatable bonds is 4. The molecule has 2 atom stereocenters. The van der Waals surface area contributed by atoms with E-state index in [9.17, 15) is 13.5 Å². The number of hydrogen-bond acceptors (Lipinski definition) is 3. The lowest BCUT2D eigenvalue weighted by Gasteiger charge is -2.20. The van der Waals surface area contributed by atoms with Crippen LogP contribution in [0.2, 0.25) is 0 Å². The SMILES string of the molecule is CCC(C(O)c1cccc(C)c1)S(C)(=O)=O. The highest BCUT2D eigenvalue weighted by molar-refractivity contribution is 7.91. The smallest absolute Gasteiger partial charge is 0.153 e. The Kier molecular flexibility index (Phi) is 4.10. The molecule has 0 fully saturated rings. The van der Waals surface area contributed by atoms with Crippen molar-refractivity contribution in [1.82, 2.24) is 0 Å². The van der Waals surface area contributed by atoms with E-state index in [1.165, 1.54) is 6.26 Å². The first-order valence-electron chi connectivity index (χ1n) is 5.29. The molecule has 90 valence electrons. The Labute approximate surface area is 97.0 Å². The quantitative estimate of drug-likeness (QED) is 0.876. The molecular formula is C12H18O3S. The Morgan fingerprint density at radius 3 is 2.44 bits per heavy atom. The minimum Gasteiger partial charge on any atom is -0.387 e. The average molecular weight is 242 g/mol. The average Bonchev–Trinajstić information content (AvgIpc) is 2.16. The van der Waals surface area contributed by atoms with Crippen LogP contribution in [0.5, 0.6) is 0 Å². The van der Waals surface area contributed by atoms with Crippen LogP contribution in [-0.4, -0.2) is 25.0 Å². The molecule has 1 aromatic carbocycles. The summed E-state index contributed by atoms with van der Waals surface area (Å²) in [7, 11) is -3.23. The third-order valence-electron chi connectivity index (χ3n) is 2.69. The lowest BCUT2D eigenvalue weighted by Crippen LogP contribution is -2.26. The van der Waals surface area contributed by atoms with Crippen molar-refractivity contribution in [3.63, 3.8) is 0 Å². The largest absolute Gasteiger partial charge is 0.387 e. The minimum atomic E-state index is -3.23. The van der Waals surface area contributed by atoms with Crippen LogP contribution in [0.3, 0.4) is 0 Å². The van der Waals surface area contributed by atoms with Crippen LogP contribution < -0.4 is 0 Å². The van der Waals surface area contributed by atoms with E-state index >= 15 is 0 Å². The Morgan fingerprint density at radius 2 is 2.00 bits per heavy atom. The van der Waals surface area contributed by atoms with Gasteiger partial charge in [-0.2, -0.15) is 0 Å². The molecule has 3 nitrogen and oxygen atoms in total. The maximum atomic E-state index is 11.5. The van der Waals surface area contributed by atoms with Gasteiger partial charge in [-0.3, -0.25) is 0 Å². The van der Waals surface area contributed by atoms with E-state index in [2.05, 4.69) is 0 Å². The minimum absolute atomic E-state index is 0.411. The van der Waals surface area contributed by atoms with Gasteiger partial charge in [-0.15, -0.1) is 0 Å². The molecule has 0 amide bonds. The topological polar surface area (TPSA) is 54.4 Å². The second-order valence-electron chi connectivity index (χ2n) is 4.14. The van der Waals surface area contributed by atoms with E-state index in [-0.39, 0.29) is 0 Å². The first kappa shape index (κ1) is 13.2. The summed E-state index contributed by atoms with van der Waals surface area (Å²) in [5, 5.41) is 9.33. The number of benzene rings is 1. The van der Waals surface area contributed by atoms with Gasteiger partial charge in [-0.25, -0.2) is 8.42 Å². The van der Waals surface area contributed by atoms with E-state index in [1.54, 1.807) is 13.0 Å². The van der Waals surface area contributed by atoms with Crippen LogP contribution in [0, 0.1) is 6.92 Å². The van der Waals surface area contributed by atoms with Crippen molar-refractivity contribution in [1.29, 1.82) is 0 Å². The predicted molar refractivity (Wildman–Crippen MR) is 65.1 cm³/mol. The summed E-state index contributed by atoms with van der Waals surface area (Å²) in [4.78, 5) is 0. The monoisotopic (exact) mass is 242 g/mol. The zero-order valence-corrected chi connectivity index (χ0v) is 10.7. The van der Waals surface area contributed by atoms with Gasteiger partial charge >= 0.3 is 0 Å². The normalized spacial score (nSPS) is 15.8. The lowest BCUT2D eigenvalue weighted by atomic mass is 10.0. The fourth-order valence-corrected chi connectivity index (χ4v) is 3.06. The van der Waals surface area contributed by atoms with Gasteiger partial charge in [0.05, 0.1) is 11.4 Å². The van der Waals surface area contributed by atoms with Crippen molar-refractivity contribution >= 4 is 9.84 Å². The van der Waals surface area contributed by atoms with Gasteiger partial charge in [0.15, 0.2) is 9.84 Å². The van der Waals surface area contributed by atoms with Gasteiger partial charge < -0.3 is 5.11 Å². The molecule has 2 unspecified atom stereocenters. The highest BCUT2D eigenvalue weighted by Gasteiger charge is 2.28. The van der Waals surface area contributed by atoms with Crippen molar-refractivity contribution in [2.24, 2.45) is 0 Å². The predicted octanol–water partition coefficient (Wildman–Crippen LogP) is 1.85. The maximum Gasteiger partial charge on any atom is 0.153 e. The number of aryl methyl sites for hydroxylation is 1. The fourth-order valence-electron chi connectivity index (χ4n) is 1.83. The summed E-state index contributed by atoms with van der Waals surface area (Å²) in [6.45, 7) is 3.68. The molecule has 0 bridgehead atoms. The number of aliphatic hydroxyl groups excluding tert-OH is 1. The van der Waals surface area contributed by atoms with Crippen molar-refractivity contribution in [2.45, 2.75) is 31.6 Å². The summed E-state index contributed by atoms with van der Waals surface area (Å²) in [6, 6.07) is 7.31. The van der Waals surface area contributed by atoms with Gasteiger partial charge in [0.1, 0.15) is 0 Å². The molecule has 1 N–H and O–H groups in total. The molecule has 0 saturated heterocycles. The Balaban J connectivity index is 3.05. The van der Waals surface area contributed by atoms with Crippen LogP contribution in [0.4, 0.5) is 0 Å². The third kappa shape index (κ3) is 3.06. The fraction of sp³-hybridized carbons (Fsp3) is 0.500. The van der Waals surface area contributed by atoms with Crippen LogP contribution in [-0.2, 0) is 9.84 Å². The molecule has 16 heavy (non-hydrogen) atoms. The first-order chi connectivity index (χ1) is 7.36. The molecule has 1 aromatic rings. The molecule has 0 aliphatic heterocycles. The van der Waals surface area contributed by atoms with Crippen LogP contribution in [0.25, 0.3) is 0 Å². The first-order valence-corrected chi connectivity index (χ1v) is 7.25. The van der Waals surface area contributed by atoms with Crippen LogP contribution in [0.1, 0.15) is 30.6 Å². The Morgan fingerprint density at radius 1 is 1.38 bits per heavy atom. The lowest BCUT2D eigenvalue weighted by molar-refractivity contribution is 0.169. The number of sulfone groups is 1. The summed E-state index contributed by atoms with van der Waals surface area (Å²) in [6.07, 6.45) is 0.633. The number of aliphatic hydroxyl groups is 1. The zero-order valence-electron chi connectivity index (χ0n) is 9.84. The van der Waals surface area contributed by atoms with Gasteiger partial charge in [0.25, 0.3) is 0 Å². The summed E-state index contributed by atoms with van der Waals surface area (Å²) >= 11 is 0. The Hall–Kier alpha value is -0.870. The maximum absolute atomic E-state index is 11.5. The molecule has 0 aliphatic carbocycles. The molecule has 0 radical (unpaired) electrons. The van der Waals surface area contributed by atoms with Gasteiger partial charge in [0, 0.05) is 6.26 Å². The van der Waals surface area contributed by atoms with Crippen LogP contribution in [0.15, 0.2) is 24.3 Å². The summed E-state index contributed by atoms with van der Waals surface area (Å²) in [5.74, 6) is 0. The van der Waals surface area contributed by atoms with E-state index in [0.29, 0.717) is 12.0 Å². The highest BCUT2D eigenvalue weighted by Crippen LogP contribution is 2.24. The second-order valence-corrected chi connectivity index (χ2v) is 6.40. The van der Waals surface area contributed by atoms with Crippen LogP contribution >= 0.6 is 0 Å². The van der Waals surface area contributed by atoms with Crippen molar-refractivity contribution in [3.05, 3.63) is 35.4 Å². The van der Waals surface area contributed by atoms with E-state index in [4.69, 9.17) is 0 Å². The molecule has 4 heteroatoms. The summed E-state index contributed by atoms with van der Waals surface area (Å²) < 4.78 is 23.0. The Bertz CT molecular complexity index is 451. The van der Waals surface area contributed by atoms with Crippen molar-refractivity contribution in [2.75, 3.05) is 6.26 Å². The molecular weight excluding hydrogens is 224 g/mol. The standard InChI is InChI=1S/C12H18O3S/c1-4-11(16(3,14)15)12(13)10-7-5-6-9(2)8-10/h5-8,11-13H,4H2,1-3H3. The zero-order chi connectivity index (χ0) is 12.3. The third-order valence-corrected chi connectivity index (χ3v) is 4.38. The van der Waals surface area contributed by atoms with Gasteiger partial charge in [-0.1, -0.05) is 36.8 Å². The molecule has 0 aliphatic rings. The molecule has 0 spiro atoms. The molecule has 0 aromatic heterocycles. The van der Waals surface area contributed by atoms with Crippen molar-refractivity contribution in [3.8, 4) is 0 Å². The van der Waals surface area contributed by atoms with Gasteiger partial charge in [0.2, 0.25) is 0 Å². The van der Waals surface area contributed by atoms with E-state index in [0.717, 1.165) is 5.56 Å². The summed E-state index contributed by atoms with van der Waals surface area (Å²) in [5.41, 5.74) is 1.68. The second kappa shape index (κ2) is 4.97. The van der Waals surface area contributed by atoms with E-state index < -0.39 is 21.2 Å².